The molecule has 0 N–H and O–H groups in total. The van der Waals surface area contributed by atoms with Crippen molar-refractivity contribution >= 4 is 23.5 Å². The first-order valence-corrected chi connectivity index (χ1v) is 6.29. The quantitative estimate of drug-likeness (QED) is 0.617. The number of hydrogen-bond acceptors (Lipinski definition) is 2. The zero-order valence-electron chi connectivity index (χ0n) is 10.8. The molecule has 0 aliphatic rings. The van der Waals surface area contributed by atoms with E-state index in [2.05, 4.69) is 0 Å². The van der Waals surface area contributed by atoms with Gasteiger partial charge in [-0.2, -0.15) is 0 Å². The van der Waals surface area contributed by atoms with Gasteiger partial charge in [-0.25, -0.2) is 4.39 Å². The van der Waals surface area contributed by atoms with Gasteiger partial charge in [0.05, 0.1) is 12.1 Å². The van der Waals surface area contributed by atoms with E-state index < -0.39 is 5.82 Å². The monoisotopic (exact) mass is 290 g/mol. The van der Waals surface area contributed by atoms with Gasteiger partial charge < -0.3 is 4.74 Å². The summed E-state index contributed by atoms with van der Waals surface area (Å²) in [6.45, 7) is 0. The van der Waals surface area contributed by atoms with Gasteiger partial charge in [0.15, 0.2) is 5.78 Å². The highest BCUT2D eigenvalue weighted by atomic mass is 35.5. The Labute approximate surface area is 121 Å². The minimum Gasteiger partial charge on any atom is -0.497 e. The smallest absolute Gasteiger partial charge is 0.185 e. The lowest BCUT2D eigenvalue weighted by atomic mass is 10.1. The largest absolute Gasteiger partial charge is 0.497 e. The van der Waals surface area contributed by atoms with E-state index in [1.165, 1.54) is 24.3 Å². The predicted octanol–water partition coefficient (Wildman–Crippen LogP) is 4.38. The summed E-state index contributed by atoms with van der Waals surface area (Å²) in [6, 6.07) is 11.2. The summed E-state index contributed by atoms with van der Waals surface area (Å²) >= 11 is 5.64. The third-order valence-electron chi connectivity index (χ3n) is 2.75. The van der Waals surface area contributed by atoms with Gasteiger partial charge in [-0.1, -0.05) is 29.8 Å². The Morgan fingerprint density at radius 3 is 2.50 bits per heavy atom. The second kappa shape index (κ2) is 6.35. The second-order valence-corrected chi connectivity index (χ2v) is 4.51. The Morgan fingerprint density at radius 2 is 1.90 bits per heavy atom. The standard InChI is InChI=1S/C16H12ClFO2/c1-20-13-6-2-11(3-7-13)4-9-16(19)12-5-8-15(18)14(17)10-12/h2-10H,1H3/b9-4+. The first-order chi connectivity index (χ1) is 9.60. The zero-order chi connectivity index (χ0) is 14.5. The van der Waals surface area contributed by atoms with E-state index in [0.717, 1.165) is 11.3 Å². The average Bonchev–Trinajstić information content (AvgIpc) is 2.48. The first-order valence-electron chi connectivity index (χ1n) is 5.91. The molecule has 2 nitrogen and oxygen atoms in total. The number of rotatable bonds is 4. The molecule has 2 aromatic carbocycles. The number of carbonyl (C=O) groups excluding carboxylic acids is 1. The third kappa shape index (κ3) is 3.45. The van der Waals surface area contributed by atoms with Gasteiger partial charge in [-0.15, -0.1) is 0 Å². The van der Waals surface area contributed by atoms with Gasteiger partial charge in [-0.05, 0) is 42.0 Å². The number of hydrogen-bond donors (Lipinski definition) is 0. The number of halogens is 2. The lowest BCUT2D eigenvalue weighted by Crippen LogP contribution is -1.94. The van der Waals surface area contributed by atoms with Gasteiger partial charge >= 0.3 is 0 Å². The van der Waals surface area contributed by atoms with E-state index >= 15 is 0 Å². The summed E-state index contributed by atoms with van der Waals surface area (Å²) in [5.74, 6) is -0.0242. The molecule has 0 unspecified atom stereocenters. The Bertz CT molecular complexity index is 648. The van der Waals surface area contributed by atoms with Gasteiger partial charge in [0.2, 0.25) is 0 Å². The maximum absolute atomic E-state index is 13.0. The minimum atomic E-state index is -0.539. The highest BCUT2D eigenvalue weighted by Crippen LogP contribution is 2.17. The molecule has 0 fully saturated rings. The fourth-order valence-electron chi connectivity index (χ4n) is 1.63. The fourth-order valence-corrected chi connectivity index (χ4v) is 1.81. The molecular formula is C16H12ClFO2. The van der Waals surface area contributed by atoms with Crippen molar-refractivity contribution in [2.75, 3.05) is 7.11 Å². The zero-order valence-corrected chi connectivity index (χ0v) is 11.5. The summed E-state index contributed by atoms with van der Waals surface area (Å²) in [4.78, 5) is 11.9. The van der Waals surface area contributed by atoms with Gasteiger partial charge in [-0.3, -0.25) is 4.79 Å². The maximum Gasteiger partial charge on any atom is 0.185 e. The van der Waals surface area contributed by atoms with Crippen molar-refractivity contribution in [3.63, 3.8) is 0 Å². The molecule has 20 heavy (non-hydrogen) atoms. The Balaban J connectivity index is 2.13. The van der Waals surface area contributed by atoms with Crippen LogP contribution < -0.4 is 4.74 Å². The van der Waals surface area contributed by atoms with Crippen molar-refractivity contribution in [2.45, 2.75) is 0 Å². The van der Waals surface area contributed by atoms with Crippen LogP contribution in [0, 0.1) is 5.82 Å². The van der Waals surface area contributed by atoms with E-state index in [4.69, 9.17) is 16.3 Å². The molecule has 0 saturated heterocycles. The fraction of sp³-hybridized carbons (Fsp3) is 0.0625. The van der Waals surface area contributed by atoms with Gasteiger partial charge in [0, 0.05) is 5.56 Å². The van der Waals surface area contributed by atoms with Crippen LogP contribution in [-0.4, -0.2) is 12.9 Å². The Kier molecular flexibility index (Phi) is 4.53. The Morgan fingerprint density at radius 1 is 1.20 bits per heavy atom. The van der Waals surface area contributed by atoms with Crippen molar-refractivity contribution in [1.82, 2.24) is 0 Å². The molecule has 0 atom stereocenters. The second-order valence-electron chi connectivity index (χ2n) is 4.10. The van der Waals surface area contributed by atoms with Crippen LogP contribution in [-0.2, 0) is 0 Å². The highest BCUT2D eigenvalue weighted by molar-refractivity contribution is 6.31. The van der Waals surface area contributed by atoms with Crippen LogP contribution in [0.15, 0.2) is 48.5 Å². The van der Waals surface area contributed by atoms with Crippen LogP contribution in [0.3, 0.4) is 0 Å². The van der Waals surface area contributed by atoms with Crippen molar-refractivity contribution in [2.24, 2.45) is 0 Å². The van der Waals surface area contributed by atoms with Crippen LogP contribution in [0.1, 0.15) is 15.9 Å². The summed E-state index contributed by atoms with van der Waals surface area (Å²) in [5.41, 5.74) is 1.22. The number of methoxy groups -OCH3 is 1. The Hall–Kier alpha value is -2.13. The lowest BCUT2D eigenvalue weighted by Gasteiger charge is -2.00. The molecule has 0 aromatic heterocycles. The molecule has 0 bridgehead atoms. The molecule has 0 amide bonds. The number of ether oxygens (including phenoxy) is 1. The van der Waals surface area contributed by atoms with Crippen LogP contribution in [0.4, 0.5) is 4.39 Å². The summed E-state index contributed by atoms with van der Waals surface area (Å²) in [6.07, 6.45) is 3.10. The van der Waals surface area contributed by atoms with Crippen molar-refractivity contribution in [1.29, 1.82) is 0 Å². The SMILES string of the molecule is COc1ccc(/C=C/C(=O)c2ccc(F)c(Cl)c2)cc1. The molecule has 102 valence electrons. The predicted molar refractivity (Wildman–Crippen MR) is 77.8 cm³/mol. The summed E-state index contributed by atoms with van der Waals surface area (Å²) < 4.78 is 18.1. The molecule has 0 radical (unpaired) electrons. The van der Waals surface area contributed by atoms with E-state index in [1.807, 2.05) is 12.1 Å². The summed E-state index contributed by atoms with van der Waals surface area (Å²) in [7, 11) is 1.59. The minimum absolute atomic E-state index is 0.0614. The number of benzene rings is 2. The molecular weight excluding hydrogens is 279 g/mol. The molecule has 0 heterocycles. The summed E-state index contributed by atoms with van der Waals surface area (Å²) in [5, 5.41) is -0.0614. The van der Waals surface area contributed by atoms with E-state index in [1.54, 1.807) is 25.3 Å². The molecule has 0 aliphatic heterocycles. The molecule has 4 heteroatoms. The molecule has 0 aliphatic carbocycles. The molecule has 2 aromatic rings. The van der Waals surface area contributed by atoms with Crippen molar-refractivity contribution < 1.29 is 13.9 Å². The first kappa shape index (κ1) is 14.3. The topological polar surface area (TPSA) is 26.3 Å². The van der Waals surface area contributed by atoms with E-state index in [0.29, 0.717) is 5.56 Å². The van der Waals surface area contributed by atoms with Crippen LogP contribution >= 0.6 is 11.6 Å². The molecule has 2 rings (SSSR count). The van der Waals surface area contributed by atoms with Gasteiger partial charge in [0.25, 0.3) is 0 Å². The van der Waals surface area contributed by atoms with Crippen molar-refractivity contribution in [3.8, 4) is 5.75 Å². The number of allylic oxidation sites excluding steroid dienone is 1. The van der Waals surface area contributed by atoms with Crippen molar-refractivity contribution in [3.05, 3.63) is 70.5 Å². The van der Waals surface area contributed by atoms with Crippen LogP contribution in [0.2, 0.25) is 5.02 Å². The lowest BCUT2D eigenvalue weighted by molar-refractivity contribution is 0.104. The number of ketones is 1. The van der Waals surface area contributed by atoms with Crippen LogP contribution in [0.25, 0.3) is 6.08 Å². The molecule has 0 spiro atoms. The number of carbonyl (C=O) groups is 1. The molecule has 0 saturated carbocycles. The normalized spacial score (nSPS) is 10.8. The van der Waals surface area contributed by atoms with Gasteiger partial charge in [0.1, 0.15) is 11.6 Å². The maximum atomic E-state index is 13.0. The van der Waals surface area contributed by atoms with E-state index in [-0.39, 0.29) is 10.8 Å². The third-order valence-corrected chi connectivity index (χ3v) is 3.04. The highest BCUT2D eigenvalue weighted by Gasteiger charge is 2.05. The van der Waals surface area contributed by atoms with Crippen LogP contribution in [0.5, 0.6) is 5.75 Å². The average molecular weight is 291 g/mol. The van der Waals surface area contributed by atoms with E-state index in [9.17, 15) is 9.18 Å².